The number of aliphatic hydroxyl groups is 1. The van der Waals surface area contributed by atoms with E-state index in [-0.39, 0.29) is 19.2 Å². The molecule has 0 saturated carbocycles. The highest BCUT2D eigenvalue weighted by Gasteiger charge is 2.11. The van der Waals surface area contributed by atoms with Gasteiger partial charge in [-0.1, -0.05) is 93.2 Å². The fraction of sp³-hybridized carbons (Fsp3) is 0.567. The molecule has 192 valence electrons. The van der Waals surface area contributed by atoms with Gasteiger partial charge in [0, 0.05) is 13.0 Å². The van der Waals surface area contributed by atoms with Crippen LogP contribution in [0.5, 0.6) is 0 Å². The normalized spacial score (nSPS) is 13.6. The largest absolute Gasteiger partial charge is 0.457 e. The van der Waals surface area contributed by atoms with E-state index in [1.807, 2.05) is 0 Å². The zero-order chi connectivity index (χ0) is 25.0. The average molecular weight is 473 g/mol. The number of rotatable bonds is 22. The van der Waals surface area contributed by atoms with Crippen LogP contribution in [-0.4, -0.2) is 37.0 Å². The van der Waals surface area contributed by atoms with Crippen LogP contribution in [0.25, 0.3) is 0 Å². The second kappa shape index (κ2) is 27.1. The van der Waals surface area contributed by atoms with Crippen molar-refractivity contribution in [3.8, 4) is 0 Å². The quantitative estimate of drug-likeness (QED) is 0.100. The molecule has 0 fully saturated rings. The molecule has 0 aromatic heterocycles. The molecule has 1 unspecified atom stereocenters. The van der Waals surface area contributed by atoms with Crippen molar-refractivity contribution in [1.82, 2.24) is 0 Å². The first-order chi connectivity index (χ1) is 16.7. The van der Waals surface area contributed by atoms with Crippen LogP contribution in [-0.2, 0) is 14.3 Å². The van der Waals surface area contributed by atoms with Crippen molar-refractivity contribution in [1.29, 1.82) is 0 Å². The Morgan fingerprint density at radius 3 is 1.68 bits per heavy atom. The third-order valence-electron chi connectivity index (χ3n) is 4.85. The SMILES string of the molecule is CC/C=C\C/C=C\C/C=C\C/C=C\C/C=C\C/C=C\CCCCCOCC(CO)OC(=O)CC. The molecule has 0 saturated heterocycles. The van der Waals surface area contributed by atoms with Crippen LogP contribution in [0.3, 0.4) is 0 Å². The van der Waals surface area contributed by atoms with E-state index in [0.717, 1.165) is 64.2 Å². The minimum absolute atomic E-state index is 0.200. The molecule has 0 spiro atoms. The molecule has 0 aliphatic heterocycles. The van der Waals surface area contributed by atoms with E-state index in [1.165, 1.54) is 0 Å². The van der Waals surface area contributed by atoms with Gasteiger partial charge in [-0.2, -0.15) is 0 Å². The Morgan fingerprint density at radius 2 is 1.21 bits per heavy atom. The summed E-state index contributed by atoms with van der Waals surface area (Å²) in [6.45, 7) is 4.57. The minimum Gasteiger partial charge on any atom is -0.457 e. The molecule has 0 radical (unpaired) electrons. The number of allylic oxidation sites excluding steroid dienone is 12. The molecule has 4 nitrogen and oxygen atoms in total. The van der Waals surface area contributed by atoms with Crippen molar-refractivity contribution in [2.24, 2.45) is 0 Å². The Morgan fingerprint density at radius 1 is 0.706 bits per heavy atom. The number of esters is 1. The maximum atomic E-state index is 11.2. The van der Waals surface area contributed by atoms with Gasteiger partial charge in [0.25, 0.3) is 0 Å². The highest BCUT2D eigenvalue weighted by molar-refractivity contribution is 5.69. The number of aliphatic hydroxyl groups excluding tert-OH is 1. The van der Waals surface area contributed by atoms with E-state index in [2.05, 4.69) is 79.8 Å². The number of hydrogen-bond donors (Lipinski definition) is 1. The highest BCUT2D eigenvalue weighted by atomic mass is 16.6. The summed E-state index contributed by atoms with van der Waals surface area (Å²) in [5.41, 5.74) is 0. The van der Waals surface area contributed by atoms with Gasteiger partial charge in [0.15, 0.2) is 0 Å². The summed E-state index contributed by atoms with van der Waals surface area (Å²) >= 11 is 0. The highest BCUT2D eigenvalue weighted by Crippen LogP contribution is 2.03. The zero-order valence-corrected chi connectivity index (χ0v) is 21.6. The Kier molecular flexibility index (Phi) is 25.3. The molecule has 0 aromatic rings. The van der Waals surface area contributed by atoms with E-state index >= 15 is 0 Å². The number of ether oxygens (including phenoxy) is 2. The number of hydrogen-bond acceptors (Lipinski definition) is 4. The fourth-order valence-electron chi connectivity index (χ4n) is 2.89. The maximum absolute atomic E-state index is 11.2. The van der Waals surface area contributed by atoms with E-state index in [0.29, 0.717) is 13.0 Å². The van der Waals surface area contributed by atoms with Gasteiger partial charge in [0.05, 0.1) is 13.2 Å². The monoisotopic (exact) mass is 472 g/mol. The van der Waals surface area contributed by atoms with Crippen molar-refractivity contribution in [2.75, 3.05) is 19.8 Å². The van der Waals surface area contributed by atoms with Crippen LogP contribution in [0.15, 0.2) is 72.9 Å². The molecule has 0 aliphatic carbocycles. The molecular formula is C30H48O4. The molecule has 0 aromatic carbocycles. The predicted octanol–water partition coefficient (Wildman–Crippen LogP) is 7.58. The molecular weight excluding hydrogens is 424 g/mol. The Labute approximate surface area is 208 Å². The van der Waals surface area contributed by atoms with Gasteiger partial charge in [-0.05, 0) is 57.8 Å². The zero-order valence-electron chi connectivity index (χ0n) is 21.6. The fourth-order valence-corrected chi connectivity index (χ4v) is 2.89. The van der Waals surface area contributed by atoms with Crippen molar-refractivity contribution in [2.45, 2.75) is 90.6 Å². The lowest BCUT2D eigenvalue weighted by Crippen LogP contribution is -2.27. The summed E-state index contributed by atoms with van der Waals surface area (Å²) < 4.78 is 10.6. The standard InChI is InChI=1S/C30H48O4/c1-3-5-6-7-8-9-10-11-12-13-14-15-16-17-18-19-20-21-22-23-24-25-26-33-28-29(27-31)34-30(32)4-2/h5-6,8-9,11-12,14-15,17-18,20-21,29,31H,3-4,7,10,13,16,19,22-28H2,1-2H3/b6-5-,9-8-,12-11-,15-14-,18-17-,21-20-. The van der Waals surface area contributed by atoms with Crippen molar-refractivity contribution >= 4 is 5.97 Å². The van der Waals surface area contributed by atoms with E-state index in [4.69, 9.17) is 9.47 Å². The van der Waals surface area contributed by atoms with Crippen LogP contribution in [0, 0.1) is 0 Å². The van der Waals surface area contributed by atoms with Gasteiger partial charge in [0.2, 0.25) is 0 Å². The van der Waals surface area contributed by atoms with Gasteiger partial charge in [-0.3, -0.25) is 4.79 Å². The topological polar surface area (TPSA) is 55.8 Å². The molecule has 1 N–H and O–H groups in total. The minimum atomic E-state index is -0.550. The first-order valence-corrected chi connectivity index (χ1v) is 13.0. The molecule has 0 heterocycles. The van der Waals surface area contributed by atoms with Gasteiger partial charge in [-0.15, -0.1) is 0 Å². The van der Waals surface area contributed by atoms with E-state index in [1.54, 1.807) is 6.92 Å². The molecule has 0 bridgehead atoms. The summed E-state index contributed by atoms with van der Waals surface area (Å²) in [6, 6.07) is 0. The van der Waals surface area contributed by atoms with Crippen LogP contribution < -0.4 is 0 Å². The first-order valence-electron chi connectivity index (χ1n) is 13.0. The predicted molar refractivity (Wildman–Crippen MR) is 145 cm³/mol. The summed E-state index contributed by atoms with van der Waals surface area (Å²) in [7, 11) is 0. The summed E-state index contributed by atoms with van der Waals surface area (Å²) in [4.78, 5) is 11.2. The lowest BCUT2D eigenvalue weighted by molar-refractivity contribution is -0.154. The second-order valence-corrected chi connectivity index (χ2v) is 7.99. The first kappa shape index (κ1) is 31.8. The van der Waals surface area contributed by atoms with Crippen molar-refractivity contribution in [3.05, 3.63) is 72.9 Å². The summed E-state index contributed by atoms with van der Waals surface area (Å²) in [6.07, 6.45) is 36.8. The molecule has 4 heteroatoms. The van der Waals surface area contributed by atoms with Crippen molar-refractivity contribution in [3.63, 3.8) is 0 Å². The summed E-state index contributed by atoms with van der Waals surface area (Å²) in [5.74, 6) is -0.306. The van der Waals surface area contributed by atoms with E-state index in [9.17, 15) is 9.90 Å². The number of carbonyl (C=O) groups is 1. The average Bonchev–Trinajstić information content (AvgIpc) is 2.85. The van der Waals surface area contributed by atoms with Gasteiger partial charge >= 0.3 is 5.97 Å². The third kappa shape index (κ3) is 24.5. The molecule has 0 amide bonds. The molecule has 1 atom stereocenters. The van der Waals surface area contributed by atoms with Crippen LogP contribution in [0.2, 0.25) is 0 Å². The Balaban J connectivity index is 3.52. The van der Waals surface area contributed by atoms with Gasteiger partial charge in [-0.25, -0.2) is 0 Å². The van der Waals surface area contributed by atoms with Crippen molar-refractivity contribution < 1.29 is 19.4 Å². The molecule has 0 aliphatic rings. The molecule has 34 heavy (non-hydrogen) atoms. The lowest BCUT2D eigenvalue weighted by atomic mass is 10.2. The van der Waals surface area contributed by atoms with Crippen LogP contribution >= 0.6 is 0 Å². The van der Waals surface area contributed by atoms with E-state index < -0.39 is 6.10 Å². The third-order valence-corrected chi connectivity index (χ3v) is 4.85. The smallest absolute Gasteiger partial charge is 0.305 e. The van der Waals surface area contributed by atoms with Crippen LogP contribution in [0.4, 0.5) is 0 Å². The maximum Gasteiger partial charge on any atom is 0.305 e. The lowest BCUT2D eigenvalue weighted by Gasteiger charge is -2.15. The Hall–Kier alpha value is -2.17. The van der Waals surface area contributed by atoms with Crippen LogP contribution in [0.1, 0.15) is 84.5 Å². The molecule has 0 rings (SSSR count). The van der Waals surface area contributed by atoms with Gasteiger partial charge < -0.3 is 14.6 Å². The second-order valence-electron chi connectivity index (χ2n) is 7.99. The van der Waals surface area contributed by atoms with Gasteiger partial charge in [0.1, 0.15) is 6.10 Å². The summed E-state index contributed by atoms with van der Waals surface area (Å²) in [5, 5.41) is 9.17. The number of unbranched alkanes of at least 4 members (excludes halogenated alkanes) is 3. The Bertz CT molecular complexity index is 626. The number of carbonyl (C=O) groups excluding carboxylic acids is 1.